The molecule has 0 saturated heterocycles. The number of rotatable bonds is 7. The fourth-order valence-electron chi connectivity index (χ4n) is 2.69. The van der Waals surface area contributed by atoms with Gasteiger partial charge in [0, 0.05) is 29.9 Å². The number of carbonyl (C=O) groups excluding carboxylic acids is 1. The Morgan fingerprint density at radius 2 is 2.00 bits per heavy atom. The molecule has 140 valence electrons. The van der Waals surface area contributed by atoms with Gasteiger partial charge in [-0.25, -0.2) is 9.48 Å². The molecule has 2 aromatic heterocycles. The third-order valence-corrected chi connectivity index (χ3v) is 4.22. The highest BCUT2D eigenvalue weighted by Crippen LogP contribution is 2.24. The maximum absolute atomic E-state index is 12.1. The van der Waals surface area contributed by atoms with Crippen LogP contribution in [0.5, 0.6) is 5.75 Å². The van der Waals surface area contributed by atoms with Crippen LogP contribution in [0.1, 0.15) is 24.7 Å². The van der Waals surface area contributed by atoms with Gasteiger partial charge in [0.1, 0.15) is 0 Å². The highest BCUT2D eigenvalue weighted by molar-refractivity contribution is 6.30. The van der Waals surface area contributed by atoms with Crippen molar-refractivity contribution in [3.8, 4) is 11.4 Å². The maximum Gasteiger partial charge on any atom is 0.412 e. The minimum atomic E-state index is -0.501. The number of aromatic nitrogens is 3. The van der Waals surface area contributed by atoms with Crippen molar-refractivity contribution in [1.29, 1.82) is 0 Å². The van der Waals surface area contributed by atoms with Crippen molar-refractivity contribution in [2.24, 2.45) is 0 Å². The van der Waals surface area contributed by atoms with E-state index in [4.69, 9.17) is 16.3 Å². The molecule has 27 heavy (non-hydrogen) atoms. The van der Waals surface area contributed by atoms with Crippen LogP contribution in [-0.4, -0.2) is 27.4 Å². The summed E-state index contributed by atoms with van der Waals surface area (Å²) in [6.45, 7) is 2.51. The van der Waals surface area contributed by atoms with Crippen molar-refractivity contribution in [3.05, 3.63) is 71.3 Å². The van der Waals surface area contributed by atoms with Gasteiger partial charge in [-0.2, -0.15) is 5.10 Å². The van der Waals surface area contributed by atoms with E-state index in [1.165, 1.54) is 0 Å². The Balaban J connectivity index is 1.65. The molecule has 0 atom stereocenters. The number of ether oxygens (including phenoxy) is 1. The largest absolute Gasteiger partial charge is 0.412 e. The second kappa shape index (κ2) is 9.19. The van der Waals surface area contributed by atoms with E-state index in [1.807, 2.05) is 30.3 Å². The van der Waals surface area contributed by atoms with Crippen LogP contribution in [0.2, 0.25) is 5.02 Å². The van der Waals surface area contributed by atoms with E-state index in [2.05, 4.69) is 22.3 Å². The van der Waals surface area contributed by atoms with Gasteiger partial charge in [-0.05, 0) is 42.8 Å². The van der Waals surface area contributed by atoms with Gasteiger partial charge in [-0.3, -0.25) is 4.98 Å². The molecule has 0 unspecified atom stereocenters. The third-order valence-electron chi connectivity index (χ3n) is 3.97. The highest BCUT2D eigenvalue weighted by Gasteiger charge is 2.16. The topological polar surface area (TPSA) is 69.0 Å². The molecule has 1 amide bonds. The molecule has 6 nitrogen and oxygen atoms in total. The van der Waals surface area contributed by atoms with Crippen LogP contribution in [0.15, 0.2) is 54.9 Å². The second-order valence-electron chi connectivity index (χ2n) is 5.98. The van der Waals surface area contributed by atoms with Crippen LogP contribution in [0.3, 0.4) is 0 Å². The fraction of sp³-hybridized carbons (Fsp3) is 0.250. The van der Waals surface area contributed by atoms with Crippen LogP contribution in [0.25, 0.3) is 5.69 Å². The zero-order chi connectivity index (χ0) is 19.1. The summed E-state index contributed by atoms with van der Waals surface area (Å²) in [5, 5.41) is 7.78. The van der Waals surface area contributed by atoms with Gasteiger partial charge in [-0.1, -0.05) is 31.0 Å². The Morgan fingerprint density at radius 1 is 1.19 bits per heavy atom. The molecule has 3 aromatic rings. The molecule has 1 aromatic carbocycles. The van der Waals surface area contributed by atoms with Crippen LogP contribution >= 0.6 is 11.6 Å². The van der Waals surface area contributed by atoms with E-state index >= 15 is 0 Å². The smallest absolute Gasteiger partial charge is 0.407 e. The number of halogens is 1. The predicted octanol–water partition coefficient (Wildman–Crippen LogP) is 4.20. The Kier molecular flexibility index (Phi) is 6.44. The fourth-order valence-corrected chi connectivity index (χ4v) is 2.82. The molecule has 2 heterocycles. The van der Waals surface area contributed by atoms with Crippen molar-refractivity contribution in [2.75, 3.05) is 6.54 Å². The lowest BCUT2D eigenvalue weighted by atomic mass is 10.2. The summed E-state index contributed by atoms with van der Waals surface area (Å²) in [5.74, 6) is 0.460. The zero-order valence-corrected chi connectivity index (χ0v) is 15.8. The number of nitrogens with zero attached hydrogens (tertiary/aromatic N) is 3. The molecule has 0 bridgehead atoms. The second-order valence-corrected chi connectivity index (χ2v) is 6.42. The van der Waals surface area contributed by atoms with Crippen molar-refractivity contribution >= 4 is 17.7 Å². The van der Waals surface area contributed by atoms with Crippen LogP contribution in [-0.2, 0) is 12.8 Å². The summed E-state index contributed by atoms with van der Waals surface area (Å²) in [6.07, 6.45) is 5.07. The summed E-state index contributed by atoms with van der Waals surface area (Å²) >= 11 is 5.96. The van der Waals surface area contributed by atoms with E-state index in [9.17, 15) is 4.79 Å². The molecule has 0 saturated carbocycles. The molecule has 0 aliphatic heterocycles. The van der Waals surface area contributed by atoms with Gasteiger partial charge in [0.05, 0.1) is 17.6 Å². The third kappa shape index (κ3) is 5.08. The Hall–Kier alpha value is -2.86. The van der Waals surface area contributed by atoms with Gasteiger partial charge < -0.3 is 10.1 Å². The van der Waals surface area contributed by atoms with Crippen molar-refractivity contribution < 1.29 is 9.53 Å². The van der Waals surface area contributed by atoms with Gasteiger partial charge in [0.2, 0.25) is 0 Å². The summed E-state index contributed by atoms with van der Waals surface area (Å²) in [4.78, 5) is 16.4. The number of nitrogens with one attached hydrogen (secondary N) is 1. The number of hydrogen-bond donors (Lipinski definition) is 1. The minimum absolute atomic E-state index is 0.449. The highest BCUT2D eigenvalue weighted by atomic mass is 35.5. The van der Waals surface area contributed by atoms with Gasteiger partial charge >= 0.3 is 6.09 Å². The molecule has 0 radical (unpaired) electrons. The number of carbonyl (C=O) groups is 1. The Bertz CT molecular complexity index is 879. The summed E-state index contributed by atoms with van der Waals surface area (Å²) in [6, 6.07) is 13.1. The van der Waals surface area contributed by atoms with E-state index in [0.29, 0.717) is 23.7 Å². The summed E-state index contributed by atoms with van der Waals surface area (Å²) in [7, 11) is 0. The monoisotopic (exact) mass is 384 g/mol. The number of amides is 1. The van der Waals surface area contributed by atoms with Crippen LogP contribution in [0.4, 0.5) is 4.79 Å². The van der Waals surface area contributed by atoms with Crippen molar-refractivity contribution in [3.63, 3.8) is 0 Å². The molecule has 0 aliphatic carbocycles. The first kappa shape index (κ1) is 18.9. The molecule has 0 aliphatic rings. The van der Waals surface area contributed by atoms with Gasteiger partial charge in [0.25, 0.3) is 0 Å². The molecule has 1 N–H and O–H groups in total. The lowest BCUT2D eigenvalue weighted by Gasteiger charge is -2.10. The average molecular weight is 385 g/mol. The van der Waals surface area contributed by atoms with Crippen LogP contribution < -0.4 is 10.1 Å². The molecule has 3 rings (SSSR count). The average Bonchev–Trinajstić information content (AvgIpc) is 3.06. The predicted molar refractivity (Wildman–Crippen MR) is 105 cm³/mol. The first-order chi connectivity index (χ1) is 13.2. The van der Waals surface area contributed by atoms with Crippen molar-refractivity contribution in [2.45, 2.75) is 26.2 Å². The lowest BCUT2D eigenvalue weighted by molar-refractivity contribution is 0.200. The van der Waals surface area contributed by atoms with E-state index in [-0.39, 0.29) is 0 Å². The quantitative estimate of drug-likeness (QED) is 0.662. The van der Waals surface area contributed by atoms with E-state index < -0.39 is 6.09 Å². The number of benzene rings is 1. The Morgan fingerprint density at radius 3 is 2.70 bits per heavy atom. The molecular weight excluding hydrogens is 364 g/mol. The SMILES string of the molecule is CCCc1c(OC(=O)NCCc2ccccn2)cnn1-c1ccc(Cl)cc1. The zero-order valence-electron chi connectivity index (χ0n) is 15.1. The first-order valence-corrected chi connectivity index (χ1v) is 9.23. The standard InChI is InChI=1S/C20H21ClN4O2/c1-2-5-18-19(14-24-25(18)17-9-7-15(21)8-10-17)27-20(26)23-13-11-16-6-3-4-12-22-16/h3-4,6-10,12,14H,2,5,11,13H2,1H3,(H,23,26). The molecule has 0 fully saturated rings. The van der Waals surface area contributed by atoms with Crippen LogP contribution in [0, 0.1) is 0 Å². The van der Waals surface area contributed by atoms with Gasteiger partial charge in [-0.15, -0.1) is 0 Å². The summed E-state index contributed by atoms with van der Waals surface area (Å²) in [5.41, 5.74) is 2.63. The lowest BCUT2D eigenvalue weighted by Crippen LogP contribution is -2.29. The first-order valence-electron chi connectivity index (χ1n) is 8.86. The normalized spacial score (nSPS) is 10.6. The molecular formula is C20H21ClN4O2. The van der Waals surface area contributed by atoms with Crippen molar-refractivity contribution in [1.82, 2.24) is 20.1 Å². The summed E-state index contributed by atoms with van der Waals surface area (Å²) < 4.78 is 7.26. The number of hydrogen-bond acceptors (Lipinski definition) is 4. The van der Waals surface area contributed by atoms with E-state index in [1.54, 1.807) is 29.2 Å². The minimum Gasteiger partial charge on any atom is -0.407 e. The van der Waals surface area contributed by atoms with E-state index in [0.717, 1.165) is 29.9 Å². The molecule has 7 heteroatoms. The van der Waals surface area contributed by atoms with Gasteiger partial charge in [0.15, 0.2) is 5.75 Å². The molecule has 0 spiro atoms. The Labute approximate surface area is 163 Å². The maximum atomic E-state index is 12.1. The number of pyridine rings is 1.